The highest BCUT2D eigenvalue weighted by molar-refractivity contribution is 5.87. The van der Waals surface area contributed by atoms with Crippen molar-refractivity contribution < 1.29 is 47.7 Å². The van der Waals surface area contributed by atoms with Crippen LogP contribution in [-0.4, -0.2) is 67.0 Å². The van der Waals surface area contributed by atoms with Gasteiger partial charge < -0.3 is 29.0 Å². The summed E-state index contributed by atoms with van der Waals surface area (Å²) in [6, 6.07) is 0. The Balaban J connectivity index is 3.32. The van der Waals surface area contributed by atoms with Gasteiger partial charge in [-0.25, -0.2) is 0 Å². The monoisotopic (exact) mass is 401 g/mol. The Morgan fingerprint density at radius 1 is 0.857 bits per heavy atom. The highest BCUT2D eigenvalue weighted by Crippen LogP contribution is 2.28. The second-order valence-electron chi connectivity index (χ2n) is 5.83. The van der Waals surface area contributed by atoms with E-state index in [4.69, 9.17) is 23.7 Å². The largest absolute Gasteiger partial charge is 0.463 e. The number of ether oxygens (including phenoxy) is 5. The number of esters is 4. The third-order valence-corrected chi connectivity index (χ3v) is 3.46. The molecule has 28 heavy (non-hydrogen) atoms. The fourth-order valence-corrected chi connectivity index (χ4v) is 2.54. The molecule has 1 heterocycles. The number of hydrogen-bond donors (Lipinski definition) is 1. The second-order valence-corrected chi connectivity index (χ2v) is 5.83. The van der Waals surface area contributed by atoms with Gasteiger partial charge in [0.2, 0.25) is 5.91 Å². The van der Waals surface area contributed by atoms with Gasteiger partial charge in [-0.3, -0.25) is 24.0 Å². The lowest BCUT2D eigenvalue weighted by Crippen LogP contribution is -2.66. The molecule has 1 aliphatic heterocycles. The molecule has 1 aliphatic rings. The zero-order valence-corrected chi connectivity index (χ0v) is 16.0. The number of nitrogens with one attached hydrogen (secondary N) is 1. The van der Waals surface area contributed by atoms with Crippen molar-refractivity contribution in [2.45, 2.75) is 58.3 Å². The van der Waals surface area contributed by atoms with Crippen molar-refractivity contribution in [1.82, 2.24) is 5.32 Å². The molecule has 0 aromatic heterocycles. The Labute approximate surface area is 161 Å². The first kappa shape index (κ1) is 23.1. The van der Waals surface area contributed by atoms with E-state index in [1.54, 1.807) is 0 Å². The average molecular weight is 401 g/mol. The Kier molecular flexibility index (Phi) is 8.58. The Morgan fingerprint density at radius 2 is 1.36 bits per heavy atom. The summed E-state index contributed by atoms with van der Waals surface area (Å²) in [6.07, 6.45) is -5.43. The number of carbonyl (C=O) groups is 5. The standard InChI is InChI=1S/C17H23NO10/c1-6-13(23)18-17-16(27-11(5)22)15(26-10(4)21)14(25-9(3)20)12(28-17)7-24-8(2)19/h6,12,14-17H,1,7H2,2-5H3,(H,18,23)/t12-,14-,15+,16-,17-/m1/s1. The van der Waals surface area contributed by atoms with Crippen molar-refractivity contribution in [1.29, 1.82) is 0 Å². The van der Waals surface area contributed by atoms with Gasteiger partial charge in [0.25, 0.3) is 0 Å². The van der Waals surface area contributed by atoms with E-state index in [-0.39, 0.29) is 6.61 Å². The number of rotatable bonds is 7. The fourth-order valence-electron chi connectivity index (χ4n) is 2.54. The predicted molar refractivity (Wildman–Crippen MR) is 90.3 cm³/mol. The van der Waals surface area contributed by atoms with E-state index < -0.39 is 60.4 Å². The van der Waals surface area contributed by atoms with Crippen molar-refractivity contribution in [2.75, 3.05) is 6.61 Å². The minimum atomic E-state index is -1.34. The Hall–Kier alpha value is -2.95. The highest BCUT2D eigenvalue weighted by atomic mass is 16.7. The van der Waals surface area contributed by atoms with Gasteiger partial charge in [-0.15, -0.1) is 0 Å². The first-order valence-corrected chi connectivity index (χ1v) is 8.28. The number of amides is 1. The van der Waals surface area contributed by atoms with Crippen LogP contribution >= 0.6 is 0 Å². The predicted octanol–water partition coefficient (Wildman–Crippen LogP) is -0.628. The van der Waals surface area contributed by atoms with E-state index in [9.17, 15) is 24.0 Å². The van der Waals surface area contributed by atoms with Crippen molar-refractivity contribution >= 4 is 29.8 Å². The molecule has 1 N–H and O–H groups in total. The van der Waals surface area contributed by atoms with E-state index in [1.165, 1.54) is 0 Å². The van der Waals surface area contributed by atoms with Crippen LogP contribution in [0.25, 0.3) is 0 Å². The first-order chi connectivity index (χ1) is 13.0. The van der Waals surface area contributed by atoms with E-state index in [1.807, 2.05) is 0 Å². The van der Waals surface area contributed by atoms with Gasteiger partial charge in [0, 0.05) is 27.7 Å². The maximum absolute atomic E-state index is 11.7. The van der Waals surface area contributed by atoms with Crippen LogP contribution in [0.2, 0.25) is 0 Å². The zero-order valence-electron chi connectivity index (χ0n) is 16.0. The van der Waals surface area contributed by atoms with Crippen LogP contribution < -0.4 is 5.32 Å². The third kappa shape index (κ3) is 6.99. The molecule has 0 aromatic rings. The van der Waals surface area contributed by atoms with Gasteiger partial charge in [-0.05, 0) is 6.08 Å². The third-order valence-electron chi connectivity index (χ3n) is 3.46. The van der Waals surface area contributed by atoms with E-state index in [2.05, 4.69) is 11.9 Å². The Bertz CT molecular complexity index is 646. The molecule has 156 valence electrons. The maximum Gasteiger partial charge on any atom is 0.303 e. The molecule has 1 rings (SSSR count). The van der Waals surface area contributed by atoms with Gasteiger partial charge in [-0.2, -0.15) is 0 Å². The molecule has 0 aromatic carbocycles. The van der Waals surface area contributed by atoms with E-state index in [0.717, 1.165) is 33.8 Å². The SMILES string of the molecule is C=CC(=O)N[C@@H]1O[C@H](COC(C)=O)[C@@H](OC(C)=O)[C@H](OC(C)=O)[C@H]1OC(C)=O. The van der Waals surface area contributed by atoms with Gasteiger partial charge in [0.05, 0.1) is 0 Å². The molecule has 0 bridgehead atoms. The molecular weight excluding hydrogens is 378 g/mol. The lowest BCUT2D eigenvalue weighted by Gasteiger charge is -2.44. The smallest absolute Gasteiger partial charge is 0.303 e. The molecule has 0 unspecified atom stereocenters. The van der Waals surface area contributed by atoms with Gasteiger partial charge in [0.15, 0.2) is 24.5 Å². The van der Waals surface area contributed by atoms with Crippen molar-refractivity contribution in [2.24, 2.45) is 0 Å². The summed E-state index contributed by atoms with van der Waals surface area (Å²) < 4.78 is 26.1. The number of hydrogen-bond acceptors (Lipinski definition) is 10. The van der Waals surface area contributed by atoms with Crippen LogP contribution in [0.1, 0.15) is 27.7 Å². The quantitative estimate of drug-likeness (QED) is 0.333. The zero-order chi connectivity index (χ0) is 21.4. The van der Waals surface area contributed by atoms with Crippen LogP contribution in [-0.2, 0) is 47.7 Å². The molecule has 1 saturated heterocycles. The number of carbonyl (C=O) groups excluding carboxylic acids is 5. The fraction of sp³-hybridized carbons (Fsp3) is 0.588. The van der Waals surface area contributed by atoms with Gasteiger partial charge in [-0.1, -0.05) is 6.58 Å². The van der Waals surface area contributed by atoms with Crippen LogP contribution in [0.5, 0.6) is 0 Å². The molecule has 5 atom stereocenters. The summed E-state index contributed by atoms with van der Waals surface area (Å²) in [5, 5.41) is 2.39. The van der Waals surface area contributed by atoms with Crippen molar-refractivity contribution in [3.8, 4) is 0 Å². The summed E-state index contributed by atoms with van der Waals surface area (Å²) in [4.78, 5) is 57.6. The average Bonchev–Trinajstić information content (AvgIpc) is 2.57. The molecule has 0 saturated carbocycles. The van der Waals surface area contributed by atoms with Crippen LogP contribution in [0.15, 0.2) is 12.7 Å². The lowest BCUT2D eigenvalue weighted by molar-refractivity contribution is -0.256. The molecular formula is C17H23NO10. The highest BCUT2D eigenvalue weighted by Gasteiger charge is 2.52. The van der Waals surface area contributed by atoms with Crippen molar-refractivity contribution in [3.63, 3.8) is 0 Å². The summed E-state index contributed by atoms with van der Waals surface area (Å²) in [5.41, 5.74) is 0. The van der Waals surface area contributed by atoms with Crippen LogP contribution in [0.4, 0.5) is 0 Å². The molecule has 11 nitrogen and oxygen atoms in total. The van der Waals surface area contributed by atoms with E-state index in [0.29, 0.717) is 0 Å². The van der Waals surface area contributed by atoms with Crippen LogP contribution in [0, 0.1) is 0 Å². The Morgan fingerprint density at radius 3 is 1.82 bits per heavy atom. The maximum atomic E-state index is 11.7. The molecule has 11 heteroatoms. The summed E-state index contributed by atoms with van der Waals surface area (Å²) in [7, 11) is 0. The summed E-state index contributed by atoms with van der Waals surface area (Å²) in [6.45, 7) is 7.41. The van der Waals surface area contributed by atoms with Crippen molar-refractivity contribution in [3.05, 3.63) is 12.7 Å². The normalized spacial score (nSPS) is 26.4. The molecule has 1 amide bonds. The minimum Gasteiger partial charge on any atom is -0.463 e. The molecule has 0 aliphatic carbocycles. The molecule has 0 spiro atoms. The van der Waals surface area contributed by atoms with Gasteiger partial charge >= 0.3 is 23.9 Å². The topological polar surface area (TPSA) is 144 Å². The summed E-state index contributed by atoms with van der Waals surface area (Å²) in [5.74, 6) is -3.57. The molecule has 0 radical (unpaired) electrons. The lowest BCUT2D eigenvalue weighted by atomic mass is 9.97. The minimum absolute atomic E-state index is 0.377. The summed E-state index contributed by atoms with van der Waals surface area (Å²) >= 11 is 0. The second kappa shape index (κ2) is 10.4. The molecule has 1 fully saturated rings. The van der Waals surface area contributed by atoms with E-state index >= 15 is 0 Å². The van der Waals surface area contributed by atoms with Gasteiger partial charge in [0.1, 0.15) is 12.7 Å². The van der Waals surface area contributed by atoms with Crippen LogP contribution in [0.3, 0.4) is 0 Å². The first-order valence-electron chi connectivity index (χ1n) is 8.28.